The molecule has 0 aromatic carbocycles. The normalized spacial score (nSPS) is 14.6. The SMILES string of the molecule is FC(F)(F)CCCCCCCCCCCC(F)(F)C(F)(F)C(F)(F)[Si](Cl)(Cl)Cl. The van der Waals surface area contributed by atoms with Crippen molar-refractivity contribution in [1.82, 2.24) is 0 Å². The van der Waals surface area contributed by atoms with Crippen molar-refractivity contribution >= 4 is 39.2 Å². The van der Waals surface area contributed by atoms with Crippen LogP contribution in [-0.4, -0.2) is 29.6 Å². The molecule has 0 heterocycles. The average Bonchev–Trinajstić information content (AvgIpc) is 2.50. The molecule has 0 aromatic rings. The summed E-state index contributed by atoms with van der Waals surface area (Å²) in [6.07, 6.45) is -3.33. The standard InChI is InChI=1S/C15H22Cl3F9Si/c16-28(17,18)15(26,27)14(24,25)12(19,20)10-8-6-4-2-1-3-5-7-9-11-13(21,22)23/h1-11H2. The van der Waals surface area contributed by atoms with Crippen molar-refractivity contribution in [2.24, 2.45) is 0 Å². The Hall–Kier alpha value is 0.457. The highest BCUT2D eigenvalue weighted by Crippen LogP contribution is 2.54. The number of hydrogen-bond donors (Lipinski definition) is 0. The summed E-state index contributed by atoms with van der Waals surface area (Å²) in [7, 11) is 0. The number of halogens is 12. The van der Waals surface area contributed by atoms with Crippen LogP contribution in [0.4, 0.5) is 39.5 Å². The van der Waals surface area contributed by atoms with Crippen LogP contribution in [0.2, 0.25) is 0 Å². The summed E-state index contributed by atoms with van der Waals surface area (Å²) in [5.74, 6) is -10.8. The number of unbranched alkanes of at least 4 members (excludes halogenated alkanes) is 8. The largest absolute Gasteiger partial charge is 0.424 e. The lowest BCUT2D eigenvalue weighted by Crippen LogP contribution is -2.62. The van der Waals surface area contributed by atoms with Crippen LogP contribution in [0.15, 0.2) is 0 Å². The Balaban J connectivity index is 4.05. The summed E-state index contributed by atoms with van der Waals surface area (Å²) in [4.78, 5) is 0. The van der Waals surface area contributed by atoms with Crippen LogP contribution in [0.25, 0.3) is 0 Å². The number of hydrogen-bond acceptors (Lipinski definition) is 0. The molecule has 0 radical (unpaired) electrons. The van der Waals surface area contributed by atoms with Gasteiger partial charge in [0.1, 0.15) is 0 Å². The second-order valence-corrected chi connectivity index (χ2v) is 15.1. The maximum atomic E-state index is 13.6. The summed E-state index contributed by atoms with van der Waals surface area (Å²) in [6.45, 7) is 0. The molecule has 0 fully saturated rings. The molecule has 0 amide bonds. The van der Waals surface area contributed by atoms with Crippen LogP contribution in [-0.2, 0) is 0 Å². The lowest BCUT2D eigenvalue weighted by molar-refractivity contribution is -0.283. The smallest absolute Gasteiger partial charge is 0.200 e. The Labute approximate surface area is 173 Å². The van der Waals surface area contributed by atoms with Crippen LogP contribution in [0.3, 0.4) is 0 Å². The summed E-state index contributed by atoms with van der Waals surface area (Å²) < 4.78 is 117. The Morgan fingerprint density at radius 1 is 0.500 bits per heavy atom. The Bertz CT molecular complexity index is 451. The van der Waals surface area contributed by atoms with Gasteiger partial charge in [0.05, 0.1) is 0 Å². The molecule has 0 aromatic heterocycles. The summed E-state index contributed by atoms with van der Waals surface area (Å²) in [5, 5.41) is 0. The van der Waals surface area contributed by atoms with Crippen molar-refractivity contribution in [3.05, 3.63) is 0 Å². The van der Waals surface area contributed by atoms with E-state index in [1.165, 1.54) is 0 Å². The van der Waals surface area contributed by atoms with E-state index in [0.29, 0.717) is 38.5 Å². The molecule has 0 spiro atoms. The quantitative estimate of drug-likeness (QED) is 0.0952. The van der Waals surface area contributed by atoms with Gasteiger partial charge in [0.25, 0.3) is 0 Å². The molecule has 0 saturated carbocycles. The van der Waals surface area contributed by atoms with Gasteiger partial charge in [0, 0.05) is 12.8 Å². The van der Waals surface area contributed by atoms with Gasteiger partial charge in [-0.25, -0.2) is 0 Å². The number of alkyl halides is 9. The van der Waals surface area contributed by atoms with E-state index in [1.807, 2.05) is 0 Å². The molecule has 170 valence electrons. The topological polar surface area (TPSA) is 0 Å². The van der Waals surface area contributed by atoms with E-state index >= 15 is 0 Å². The monoisotopic (exact) mass is 506 g/mol. The summed E-state index contributed by atoms with van der Waals surface area (Å²) in [5.41, 5.74) is -5.42. The van der Waals surface area contributed by atoms with E-state index in [0.717, 1.165) is 0 Å². The van der Waals surface area contributed by atoms with Gasteiger partial charge in [-0.15, -0.1) is 33.2 Å². The first-order chi connectivity index (χ1) is 12.5. The second-order valence-electron chi connectivity index (χ2n) is 6.65. The molecule has 0 unspecified atom stereocenters. The zero-order valence-electron chi connectivity index (χ0n) is 14.8. The third kappa shape index (κ3) is 9.08. The third-order valence-electron chi connectivity index (χ3n) is 4.16. The average molecular weight is 508 g/mol. The van der Waals surface area contributed by atoms with Gasteiger partial charge in [-0.05, 0) is 12.8 Å². The minimum atomic E-state index is -5.77. The van der Waals surface area contributed by atoms with Gasteiger partial charge in [0.2, 0.25) is 0 Å². The first-order valence-electron chi connectivity index (χ1n) is 8.72. The minimum Gasteiger partial charge on any atom is -0.200 e. The van der Waals surface area contributed by atoms with Gasteiger partial charge < -0.3 is 0 Å². The molecule has 0 saturated heterocycles. The van der Waals surface area contributed by atoms with Gasteiger partial charge in [-0.1, -0.05) is 44.9 Å². The van der Waals surface area contributed by atoms with E-state index < -0.39 is 48.8 Å². The Kier molecular flexibility index (Phi) is 11.4. The van der Waals surface area contributed by atoms with E-state index in [2.05, 4.69) is 0 Å². The molecule has 0 bridgehead atoms. The molecular weight excluding hydrogens is 486 g/mol. The number of rotatable bonds is 14. The third-order valence-corrected chi connectivity index (χ3v) is 7.32. The maximum Gasteiger partial charge on any atom is 0.424 e. The van der Waals surface area contributed by atoms with Gasteiger partial charge in [0.15, 0.2) is 0 Å². The lowest BCUT2D eigenvalue weighted by atomic mass is 10.0. The Morgan fingerprint density at radius 2 is 0.821 bits per heavy atom. The lowest BCUT2D eigenvalue weighted by Gasteiger charge is -2.35. The molecule has 0 rings (SSSR count). The molecule has 0 aliphatic carbocycles. The van der Waals surface area contributed by atoms with Gasteiger partial charge in [-0.3, -0.25) is 0 Å². The van der Waals surface area contributed by atoms with Gasteiger partial charge >= 0.3 is 29.6 Å². The van der Waals surface area contributed by atoms with Crippen molar-refractivity contribution < 1.29 is 39.5 Å². The molecule has 0 aliphatic heterocycles. The van der Waals surface area contributed by atoms with Crippen LogP contribution < -0.4 is 0 Å². The molecule has 0 atom stereocenters. The van der Waals surface area contributed by atoms with Crippen molar-refractivity contribution in [2.75, 3.05) is 0 Å². The van der Waals surface area contributed by atoms with E-state index in [4.69, 9.17) is 33.2 Å². The van der Waals surface area contributed by atoms with Crippen molar-refractivity contribution in [3.63, 3.8) is 0 Å². The Morgan fingerprint density at radius 3 is 1.14 bits per heavy atom. The van der Waals surface area contributed by atoms with Crippen LogP contribution in [0.1, 0.15) is 70.6 Å². The fourth-order valence-electron chi connectivity index (χ4n) is 2.47. The fourth-order valence-corrected chi connectivity index (χ4v) is 4.08. The van der Waals surface area contributed by atoms with E-state index in [-0.39, 0.29) is 12.8 Å². The highest BCUT2D eigenvalue weighted by atomic mass is 35.8. The van der Waals surface area contributed by atoms with Crippen molar-refractivity contribution in [2.45, 2.75) is 94.2 Å². The molecule has 28 heavy (non-hydrogen) atoms. The fraction of sp³-hybridized carbons (Fsp3) is 1.00. The van der Waals surface area contributed by atoms with Gasteiger partial charge in [-0.2, -0.15) is 39.5 Å². The maximum absolute atomic E-state index is 13.6. The zero-order chi connectivity index (χ0) is 22.3. The summed E-state index contributed by atoms with van der Waals surface area (Å²) in [6, 6.07) is -5.43. The predicted octanol–water partition coefficient (Wildman–Crippen LogP) is 8.94. The highest BCUT2D eigenvalue weighted by molar-refractivity contribution is 7.65. The molecule has 0 N–H and O–H groups in total. The first kappa shape index (κ1) is 28.5. The second kappa shape index (κ2) is 11.2. The molecule has 0 nitrogen and oxygen atoms in total. The molecule has 0 aliphatic rings. The van der Waals surface area contributed by atoms with Crippen molar-refractivity contribution in [3.8, 4) is 0 Å². The molecular formula is C15H22Cl3F9Si. The first-order valence-corrected chi connectivity index (χ1v) is 13.8. The van der Waals surface area contributed by atoms with Crippen LogP contribution in [0, 0.1) is 0 Å². The highest BCUT2D eigenvalue weighted by Gasteiger charge is 2.78. The van der Waals surface area contributed by atoms with Crippen LogP contribution >= 0.6 is 33.2 Å². The van der Waals surface area contributed by atoms with Crippen LogP contribution in [0.5, 0.6) is 0 Å². The minimum absolute atomic E-state index is 0.0501. The predicted molar refractivity (Wildman–Crippen MR) is 95.0 cm³/mol. The molecule has 13 heteroatoms. The van der Waals surface area contributed by atoms with E-state index in [9.17, 15) is 39.5 Å². The van der Waals surface area contributed by atoms with Crippen molar-refractivity contribution in [1.29, 1.82) is 0 Å². The zero-order valence-corrected chi connectivity index (χ0v) is 18.1. The van der Waals surface area contributed by atoms with E-state index in [1.54, 1.807) is 0 Å². The summed E-state index contributed by atoms with van der Waals surface area (Å²) >= 11 is 14.6.